The Kier molecular flexibility index (Phi) is 5.98. The second-order valence-electron chi connectivity index (χ2n) is 6.45. The Morgan fingerprint density at radius 2 is 1.85 bits per heavy atom. The van der Waals surface area contributed by atoms with Gasteiger partial charge in [-0.1, -0.05) is 30.3 Å². The number of nitrogens with zero attached hydrogens (tertiary/aromatic N) is 1. The van der Waals surface area contributed by atoms with E-state index in [1.54, 1.807) is 29.9 Å². The topological polar surface area (TPSA) is 65.2 Å². The summed E-state index contributed by atoms with van der Waals surface area (Å²) in [5.74, 6) is -0.148. The predicted octanol–water partition coefficient (Wildman–Crippen LogP) is 4.03. The molecule has 0 unspecified atom stereocenters. The monoisotopic (exact) mass is 381 g/mol. The lowest BCUT2D eigenvalue weighted by Gasteiger charge is -2.23. The summed E-state index contributed by atoms with van der Waals surface area (Å²) in [5.41, 5.74) is 2.37. The van der Waals surface area contributed by atoms with Crippen molar-refractivity contribution in [3.8, 4) is 0 Å². The molecule has 0 aliphatic heterocycles. The Labute approximate surface area is 163 Å². The molecule has 3 aromatic rings. The lowest BCUT2D eigenvalue weighted by atomic mass is 10.0. The highest BCUT2D eigenvalue weighted by molar-refractivity contribution is 7.98. The zero-order valence-corrected chi connectivity index (χ0v) is 16.5. The van der Waals surface area contributed by atoms with Gasteiger partial charge in [-0.25, -0.2) is 0 Å². The van der Waals surface area contributed by atoms with Crippen LogP contribution < -0.4 is 5.32 Å². The van der Waals surface area contributed by atoms with E-state index in [2.05, 4.69) is 10.3 Å². The minimum absolute atomic E-state index is 0.00716. The summed E-state index contributed by atoms with van der Waals surface area (Å²) in [6.07, 6.45) is 3.71. The third-order valence-corrected chi connectivity index (χ3v) is 5.47. The van der Waals surface area contributed by atoms with E-state index >= 15 is 0 Å². The van der Waals surface area contributed by atoms with Gasteiger partial charge in [-0.2, -0.15) is 0 Å². The minimum atomic E-state index is -0.411. The fourth-order valence-corrected chi connectivity index (χ4v) is 3.56. The number of thioether (sulfide) groups is 1. The summed E-state index contributed by atoms with van der Waals surface area (Å²) in [5, 5.41) is 3.84. The molecule has 0 saturated heterocycles. The number of amides is 1. The number of hydrogen-bond donors (Lipinski definition) is 2. The highest BCUT2D eigenvalue weighted by atomic mass is 32.2. The van der Waals surface area contributed by atoms with Crippen LogP contribution in [0.5, 0.6) is 0 Å². The first-order valence-electron chi connectivity index (χ1n) is 8.74. The van der Waals surface area contributed by atoms with E-state index in [1.807, 2.05) is 61.7 Å². The number of carbonyl (C=O) groups is 2. The summed E-state index contributed by atoms with van der Waals surface area (Å²) < 4.78 is 0. The molecule has 0 fully saturated rings. The number of rotatable bonds is 7. The summed E-state index contributed by atoms with van der Waals surface area (Å²) in [7, 11) is 1.79. The maximum Gasteiger partial charge on any atom is 0.238 e. The summed E-state index contributed by atoms with van der Waals surface area (Å²) in [4.78, 5) is 31.2. The number of carbonyl (C=O) groups excluding carboxylic acids is 2. The summed E-state index contributed by atoms with van der Waals surface area (Å²) >= 11 is 1.58. The van der Waals surface area contributed by atoms with Gasteiger partial charge < -0.3 is 10.3 Å². The smallest absolute Gasteiger partial charge is 0.238 e. The third-order valence-electron chi connectivity index (χ3n) is 4.67. The van der Waals surface area contributed by atoms with Crippen LogP contribution in [0.3, 0.4) is 0 Å². The predicted molar refractivity (Wildman–Crippen MR) is 112 cm³/mol. The first-order valence-corrected chi connectivity index (χ1v) is 9.97. The molecule has 5 nitrogen and oxygen atoms in total. The quantitative estimate of drug-likeness (QED) is 0.479. The number of benzene rings is 2. The third kappa shape index (κ3) is 4.23. The van der Waals surface area contributed by atoms with Gasteiger partial charge in [-0.05, 0) is 38.4 Å². The van der Waals surface area contributed by atoms with Gasteiger partial charge in [0.05, 0.1) is 18.3 Å². The van der Waals surface area contributed by atoms with Crippen LogP contribution in [0.4, 0.5) is 5.69 Å². The van der Waals surface area contributed by atoms with Crippen molar-refractivity contribution in [2.75, 3.05) is 25.2 Å². The molecule has 27 heavy (non-hydrogen) atoms. The van der Waals surface area contributed by atoms with Crippen LogP contribution in [0.25, 0.3) is 10.9 Å². The number of Topliss-reactive ketones (excluding diaryl/α,β-unsaturated/α-hetero) is 1. The number of likely N-dealkylation sites (N-methyl/N-ethyl adjacent to an activating group) is 1. The Hall–Kier alpha value is -2.57. The number of anilines is 1. The Bertz CT molecular complexity index is 967. The van der Waals surface area contributed by atoms with Crippen LogP contribution in [0.15, 0.2) is 59.6 Å². The van der Waals surface area contributed by atoms with Crippen LogP contribution in [0.1, 0.15) is 17.3 Å². The van der Waals surface area contributed by atoms with Crippen molar-refractivity contribution in [3.63, 3.8) is 0 Å². The van der Waals surface area contributed by atoms with Crippen molar-refractivity contribution in [2.24, 2.45) is 0 Å². The fraction of sp³-hybridized carbons (Fsp3) is 0.238. The highest BCUT2D eigenvalue weighted by Crippen LogP contribution is 2.24. The molecule has 3 rings (SSSR count). The lowest BCUT2D eigenvalue weighted by Crippen LogP contribution is -2.40. The molecule has 0 bridgehead atoms. The number of fused-ring (bicyclic) bond motifs is 1. The van der Waals surface area contributed by atoms with Crippen molar-refractivity contribution in [3.05, 3.63) is 60.3 Å². The largest absolute Gasteiger partial charge is 0.360 e. The van der Waals surface area contributed by atoms with Crippen molar-refractivity contribution in [1.82, 2.24) is 9.88 Å². The standard InChI is InChI=1S/C21H23N3O2S/c1-14(21(26)16-12-22-17-9-5-4-8-15(16)17)24(2)13-20(25)23-18-10-6-7-11-19(18)27-3/h4-12,14,22H,13H2,1-3H3,(H,23,25)/t14-/m1/s1. The van der Waals surface area contributed by atoms with Crippen LogP contribution in [-0.4, -0.2) is 47.5 Å². The maximum absolute atomic E-state index is 12.9. The van der Waals surface area contributed by atoms with Gasteiger partial charge in [0.1, 0.15) is 0 Å². The van der Waals surface area contributed by atoms with Gasteiger partial charge in [0.25, 0.3) is 0 Å². The SMILES string of the molecule is CSc1ccccc1NC(=O)CN(C)[C@H](C)C(=O)c1c[nH]c2ccccc12. The molecule has 1 heterocycles. The molecule has 0 aliphatic carbocycles. The maximum atomic E-state index is 12.9. The van der Waals surface area contributed by atoms with Crippen LogP contribution in [0.2, 0.25) is 0 Å². The van der Waals surface area contributed by atoms with Crippen LogP contribution in [0, 0.1) is 0 Å². The normalized spacial score (nSPS) is 12.3. The molecule has 1 atom stereocenters. The molecule has 1 aromatic heterocycles. The number of para-hydroxylation sites is 2. The van der Waals surface area contributed by atoms with E-state index in [4.69, 9.17) is 0 Å². The van der Waals surface area contributed by atoms with Gasteiger partial charge in [-0.15, -0.1) is 11.8 Å². The van der Waals surface area contributed by atoms with E-state index in [1.165, 1.54) is 0 Å². The molecule has 1 amide bonds. The Morgan fingerprint density at radius 1 is 1.15 bits per heavy atom. The number of hydrogen-bond acceptors (Lipinski definition) is 4. The second-order valence-corrected chi connectivity index (χ2v) is 7.30. The first-order chi connectivity index (χ1) is 13.0. The second kappa shape index (κ2) is 8.41. The molecular formula is C21H23N3O2S. The van der Waals surface area contributed by atoms with E-state index in [9.17, 15) is 9.59 Å². The number of H-pyrrole nitrogens is 1. The van der Waals surface area contributed by atoms with E-state index in [0.717, 1.165) is 21.5 Å². The summed E-state index contributed by atoms with van der Waals surface area (Å²) in [6, 6.07) is 15.0. The Balaban J connectivity index is 1.67. The van der Waals surface area contributed by atoms with Crippen LogP contribution >= 0.6 is 11.8 Å². The van der Waals surface area contributed by atoms with Crippen molar-refractivity contribution < 1.29 is 9.59 Å². The number of aromatic nitrogens is 1. The van der Waals surface area contributed by atoms with Gasteiger partial charge in [0.2, 0.25) is 5.91 Å². The van der Waals surface area contributed by atoms with Crippen molar-refractivity contribution in [1.29, 1.82) is 0 Å². The van der Waals surface area contributed by atoms with E-state index < -0.39 is 6.04 Å². The first kappa shape index (κ1) is 19.2. The molecule has 0 saturated carbocycles. The van der Waals surface area contributed by atoms with Crippen molar-refractivity contribution in [2.45, 2.75) is 17.9 Å². The molecule has 2 N–H and O–H groups in total. The molecule has 0 aliphatic rings. The fourth-order valence-electron chi connectivity index (χ4n) is 3.00. The van der Waals surface area contributed by atoms with Crippen molar-refractivity contribution >= 4 is 40.0 Å². The molecule has 0 spiro atoms. The molecule has 140 valence electrons. The Morgan fingerprint density at radius 3 is 2.63 bits per heavy atom. The molecule has 2 aromatic carbocycles. The van der Waals surface area contributed by atoms with Gasteiger partial charge in [0, 0.05) is 27.6 Å². The zero-order valence-electron chi connectivity index (χ0n) is 15.7. The van der Waals surface area contributed by atoms with Gasteiger partial charge >= 0.3 is 0 Å². The average molecular weight is 382 g/mol. The number of aromatic amines is 1. The molecule has 6 heteroatoms. The number of ketones is 1. The zero-order chi connectivity index (χ0) is 19.4. The average Bonchev–Trinajstić information content (AvgIpc) is 3.11. The minimum Gasteiger partial charge on any atom is -0.360 e. The van der Waals surface area contributed by atoms with Crippen LogP contribution in [-0.2, 0) is 4.79 Å². The number of nitrogens with one attached hydrogen (secondary N) is 2. The van der Waals surface area contributed by atoms with Gasteiger partial charge in [0.15, 0.2) is 5.78 Å². The van der Waals surface area contributed by atoms with E-state index in [0.29, 0.717) is 5.56 Å². The summed E-state index contributed by atoms with van der Waals surface area (Å²) in [6.45, 7) is 1.96. The lowest BCUT2D eigenvalue weighted by molar-refractivity contribution is -0.117. The van der Waals surface area contributed by atoms with E-state index in [-0.39, 0.29) is 18.2 Å². The highest BCUT2D eigenvalue weighted by Gasteiger charge is 2.23. The molecular weight excluding hydrogens is 358 g/mol. The molecule has 0 radical (unpaired) electrons. The van der Waals surface area contributed by atoms with Gasteiger partial charge in [-0.3, -0.25) is 14.5 Å².